The van der Waals surface area contributed by atoms with Crippen molar-refractivity contribution in [2.24, 2.45) is 28.1 Å². The minimum atomic E-state index is -1.28. The molecule has 0 aliphatic heterocycles. The highest BCUT2D eigenvalue weighted by Gasteiger charge is 2.30. The molecule has 0 saturated heterocycles. The van der Waals surface area contributed by atoms with Crippen LogP contribution in [0.3, 0.4) is 0 Å². The van der Waals surface area contributed by atoms with Gasteiger partial charge in [-0.15, -0.1) is 0 Å². The minimum Gasteiger partial charge on any atom is -0.508 e. The number of carboxylic acid groups (broad SMARTS) is 1. The van der Waals surface area contributed by atoms with Crippen LogP contribution in [0.25, 0.3) is 0 Å². The molecule has 0 fully saturated rings. The molecule has 0 heterocycles. The average Bonchev–Trinajstić information content (AvgIpc) is 2.84. The lowest BCUT2D eigenvalue weighted by Gasteiger charge is -2.25. The molecule has 4 atom stereocenters. The summed E-state index contributed by atoms with van der Waals surface area (Å²) in [4.78, 5) is 54.2. The van der Waals surface area contributed by atoms with Gasteiger partial charge in [-0.3, -0.25) is 19.4 Å². The van der Waals surface area contributed by atoms with Crippen LogP contribution in [0.5, 0.6) is 5.75 Å². The maximum atomic E-state index is 13.3. The first kappa shape index (κ1) is 32.5. The summed E-state index contributed by atoms with van der Waals surface area (Å²) in [7, 11) is 0. The molecule has 0 saturated carbocycles. The van der Waals surface area contributed by atoms with Gasteiger partial charge in [0.15, 0.2) is 5.96 Å². The number of phenols is 1. The molecule has 0 aliphatic carbocycles. The smallest absolute Gasteiger partial charge is 0.327 e. The van der Waals surface area contributed by atoms with Crippen molar-refractivity contribution in [2.45, 2.75) is 63.7 Å². The van der Waals surface area contributed by atoms with E-state index in [4.69, 9.17) is 17.2 Å². The Kier molecular flexibility index (Phi) is 14.0. The van der Waals surface area contributed by atoms with E-state index >= 15 is 0 Å². The highest BCUT2D eigenvalue weighted by molar-refractivity contribution is 7.80. The fourth-order valence-corrected chi connectivity index (χ4v) is 3.72. The summed E-state index contributed by atoms with van der Waals surface area (Å²) in [6.07, 6.45) is 0.821. The van der Waals surface area contributed by atoms with Crippen LogP contribution >= 0.6 is 12.6 Å². The van der Waals surface area contributed by atoms with Gasteiger partial charge in [0.2, 0.25) is 17.7 Å². The number of nitrogens with one attached hydrogen (secondary N) is 3. The van der Waals surface area contributed by atoms with Crippen molar-refractivity contribution < 1.29 is 29.4 Å². The summed E-state index contributed by atoms with van der Waals surface area (Å²) in [6, 6.07) is 1.69. The fraction of sp³-hybridized carbons (Fsp3) is 0.542. The molecule has 0 bridgehead atoms. The fourth-order valence-electron chi connectivity index (χ4n) is 3.47. The van der Waals surface area contributed by atoms with Gasteiger partial charge < -0.3 is 43.4 Å². The van der Waals surface area contributed by atoms with Gasteiger partial charge >= 0.3 is 5.97 Å². The van der Waals surface area contributed by atoms with E-state index in [-0.39, 0.29) is 42.8 Å². The third kappa shape index (κ3) is 12.1. The van der Waals surface area contributed by atoms with Gasteiger partial charge in [-0.2, -0.15) is 12.6 Å². The first-order valence-electron chi connectivity index (χ1n) is 12.2. The maximum Gasteiger partial charge on any atom is 0.327 e. The van der Waals surface area contributed by atoms with Gasteiger partial charge in [0, 0.05) is 18.7 Å². The SMILES string of the molecule is CC(C)CC(N)C(=O)NC(Cc1ccc(O)cc1)C(=O)NC(CCCN=C(N)N)C(=O)NC(CS)C(=O)O. The molecular formula is C24H39N7O6S. The third-order valence-electron chi connectivity index (χ3n) is 5.45. The number of nitrogens with zero attached hydrogens (tertiary/aromatic N) is 1. The summed E-state index contributed by atoms with van der Waals surface area (Å²) < 4.78 is 0. The largest absolute Gasteiger partial charge is 0.508 e. The quantitative estimate of drug-likeness (QED) is 0.0518. The second-order valence-corrected chi connectivity index (χ2v) is 9.62. The number of rotatable bonds is 16. The Balaban J connectivity index is 3.14. The number of benzene rings is 1. The van der Waals surface area contributed by atoms with Crippen LogP contribution in [0.4, 0.5) is 0 Å². The first-order chi connectivity index (χ1) is 17.8. The summed E-state index contributed by atoms with van der Waals surface area (Å²) >= 11 is 3.95. The van der Waals surface area contributed by atoms with Crippen molar-refractivity contribution in [3.05, 3.63) is 29.8 Å². The number of aliphatic imine (C=N–C) groups is 1. The molecule has 3 amide bonds. The number of phenolic OH excluding ortho intramolecular Hbond substituents is 1. The number of aromatic hydroxyl groups is 1. The van der Waals surface area contributed by atoms with Crippen LogP contribution < -0.4 is 33.2 Å². The normalized spacial score (nSPS) is 14.0. The van der Waals surface area contributed by atoms with Crippen molar-refractivity contribution in [3.63, 3.8) is 0 Å². The molecule has 0 aliphatic rings. The standard InChI is InChI=1S/C24H39N7O6S/c1-13(2)10-16(25)20(33)30-18(11-14-5-7-15(32)8-6-14)22(35)29-17(4-3-9-28-24(26)27)21(34)31-19(12-38)23(36)37/h5-8,13,16-19,32,38H,3-4,9-12,25H2,1-2H3,(H,29,35)(H,30,33)(H,31,34)(H,36,37)(H4,26,27,28). The zero-order valence-electron chi connectivity index (χ0n) is 21.6. The number of thiol groups is 1. The van der Waals surface area contributed by atoms with E-state index in [0.717, 1.165) is 0 Å². The zero-order chi connectivity index (χ0) is 28.8. The van der Waals surface area contributed by atoms with E-state index in [0.29, 0.717) is 18.4 Å². The lowest BCUT2D eigenvalue weighted by molar-refractivity contribution is -0.141. The summed E-state index contributed by atoms with van der Waals surface area (Å²) in [5.74, 6) is -3.35. The highest BCUT2D eigenvalue weighted by atomic mass is 32.1. The number of hydrogen-bond acceptors (Lipinski definition) is 8. The number of carboxylic acids is 1. The van der Waals surface area contributed by atoms with E-state index in [2.05, 4.69) is 33.6 Å². The molecule has 4 unspecified atom stereocenters. The molecule has 212 valence electrons. The summed E-state index contributed by atoms with van der Waals surface area (Å²) in [5.41, 5.74) is 17.3. The molecule has 0 aromatic heterocycles. The Morgan fingerprint density at radius 3 is 2.03 bits per heavy atom. The summed E-state index contributed by atoms with van der Waals surface area (Å²) in [6.45, 7) is 4.00. The van der Waals surface area contributed by atoms with Crippen LogP contribution in [0.1, 0.15) is 38.7 Å². The van der Waals surface area contributed by atoms with Crippen molar-refractivity contribution in [1.29, 1.82) is 0 Å². The second-order valence-electron chi connectivity index (χ2n) is 9.26. The molecule has 1 aromatic carbocycles. The number of hydrogen-bond donors (Lipinski definition) is 9. The molecular weight excluding hydrogens is 514 g/mol. The molecule has 13 nitrogen and oxygen atoms in total. The molecule has 0 spiro atoms. The van der Waals surface area contributed by atoms with E-state index in [1.807, 2.05) is 13.8 Å². The third-order valence-corrected chi connectivity index (χ3v) is 5.81. The zero-order valence-corrected chi connectivity index (χ0v) is 22.5. The Hall–Kier alpha value is -3.52. The number of carbonyl (C=O) groups is 4. The predicted octanol–water partition coefficient (Wildman–Crippen LogP) is -1.17. The van der Waals surface area contributed by atoms with Gasteiger partial charge in [-0.25, -0.2) is 4.79 Å². The van der Waals surface area contributed by atoms with Crippen molar-refractivity contribution >= 4 is 42.3 Å². The molecule has 0 radical (unpaired) electrons. The van der Waals surface area contributed by atoms with Crippen LogP contribution in [-0.4, -0.2) is 76.3 Å². The van der Waals surface area contributed by atoms with Crippen LogP contribution in [0.2, 0.25) is 0 Å². The van der Waals surface area contributed by atoms with Gasteiger partial charge in [0.05, 0.1) is 6.04 Å². The van der Waals surface area contributed by atoms with E-state index in [1.54, 1.807) is 12.1 Å². The second kappa shape index (κ2) is 16.3. The van der Waals surface area contributed by atoms with Gasteiger partial charge in [0.25, 0.3) is 0 Å². The number of carbonyl (C=O) groups excluding carboxylic acids is 3. The van der Waals surface area contributed by atoms with E-state index in [1.165, 1.54) is 12.1 Å². The monoisotopic (exact) mass is 553 g/mol. The lowest BCUT2D eigenvalue weighted by Crippen LogP contribution is -2.57. The molecule has 1 rings (SSSR count). The van der Waals surface area contributed by atoms with Gasteiger partial charge in [-0.05, 0) is 42.9 Å². The molecule has 1 aromatic rings. The van der Waals surface area contributed by atoms with E-state index < -0.39 is 47.9 Å². The predicted molar refractivity (Wildman–Crippen MR) is 146 cm³/mol. The topological polar surface area (TPSA) is 235 Å². The van der Waals surface area contributed by atoms with Crippen LogP contribution in [0.15, 0.2) is 29.3 Å². The van der Waals surface area contributed by atoms with Gasteiger partial charge in [0.1, 0.15) is 23.9 Å². The Bertz CT molecular complexity index is 970. The van der Waals surface area contributed by atoms with Crippen molar-refractivity contribution in [2.75, 3.05) is 12.3 Å². The van der Waals surface area contributed by atoms with Crippen LogP contribution in [0, 0.1) is 5.92 Å². The number of amides is 3. The highest BCUT2D eigenvalue weighted by Crippen LogP contribution is 2.12. The molecule has 14 heteroatoms. The Morgan fingerprint density at radius 2 is 1.50 bits per heavy atom. The number of nitrogens with two attached hydrogens (primary N) is 3. The average molecular weight is 554 g/mol. The minimum absolute atomic E-state index is 0.0347. The number of guanidine groups is 1. The Morgan fingerprint density at radius 1 is 0.947 bits per heavy atom. The summed E-state index contributed by atoms with van der Waals surface area (Å²) in [5, 5.41) is 26.4. The van der Waals surface area contributed by atoms with Crippen molar-refractivity contribution in [3.8, 4) is 5.75 Å². The maximum absolute atomic E-state index is 13.3. The van der Waals surface area contributed by atoms with Crippen molar-refractivity contribution in [1.82, 2.24) is 16.0 Å². The molecule has 38 heavy (non-hydrogen) atoms. The van der Waals surface area contributed by atoms with Crippen LogP contribution in [-0.2, 0) is 25.6 Å². The number of aliphatic carboxylic acids is 1. The first-order valence-corrected chi connectivity index (χ1v) is 12.8. The molecule has 11 N–H and O–H groups in total. The Labute approximate surface area is 227 Å². The van der Waals surface area contributed by atoms with Gasteiger partial charge in [-0.1, -0.05) is 26.0 Å². The van der Waals surface area contributed by atoms with E-state index in [9.17, 15) is 29.4 Å². The lowest BCUT2D eigenvalue weighted by atomic mass is 10.0.